The van der Waals surface area contributed by atoms with Gasteiger partial charge in [-0.15, -0.1) is 0 Å². The van der Waals surface area contributed by atoms with Gasteiger partial charge in [-0.3, -0.25) is 9.59 Å². The van der Waals surface area contributed by atoms with Crippen LogP contribution in [0.25, 0.3) is 11.3 Å². The molecule has 2 amide bonds. The molecule has 1 aliphatic heterocycles. The molecule has 6 nitrogen and oxygen atoms in total. The Balaban J connectivity index is 1.53. The van der Waals surface area contributed by atoms with Crippen molar-refractivity contribution in [1.82, 2.24) is 15.4 Å². The van der Waals surface area contributed by atoms with E-state index in [0.29, 0.717) is 31.2 Å². The van der Waals surface area contributed by atoms with Crippen LogP contribution in [0, 0.1) is 5.92 Å². The van der Waals surface area contributed by atoms with Crippen LogP contribution < -0.4 is 5.32 Å². The predicted octanol–water partition coefficient (Wildman–Crippen LogP) is 1.55. The molecule has 0 unspecified atom stereocenters. The molecule has 22 heavy (non-hydrogen) atoms. The van der Waals surface area contributed by atoms with Gasteiger partial charge in [-0.1, -0.05) is 35.5 Å². The summed E-state index contributed by atoms with van der Waals surface area (Å²) in [5, 5.41) is 6.73. The van der Waals surface area contributed by atoms with Crippen molar-refractivity contribution in [1.29, 1.82) is 0 Å². The van der Waals surface area contributed by atoms with Crippen molar-refractivity contribution in [2.24, 2.45) is 5.92 Å². The maximum Gasteiger partial charge on any atom is 0.289 e. The van der Waals surface area contributed by atoms with E-state index in [1.54, 1.807) is 17.9 Å². The Hall–Kier alpha value is -2.63. The number of aromatic nitrogens is 1. The van der Waals surface area contributed by atoms with Crippen molar-refractivity contribution < 1.29 is 14.1 Å². The van der Waals surface area contributed by atoms with Crippen molar-refractivity contribution >= 4 is 11.8 Å². The second kappa shape index (κ2) is 6.01. The highest BCUT2D eigenvalue weighted by Gasteiger charge is 2.29. The molecule has 1 aromatic heterocycles. The van der Waals surface area contributed by atoms with Gasteiger partial charge in [-0.05, 0) is 0 Å². The number of hydrogen-bond donors (Lipinski definition) is 1. The fourth-order valence-corrected chi connectivity index (χ4v) is 2.41. The average Bonchev–Trinajstić information content (AvgIpc) is 2.96. The highest BCUT2D eigenvalue weighted by Crippen LogP contribution is 2.19. The van der Waals surface area contributed by atoms with Gasteiger partial charge in [-0.25, -0.2) is 0 Å². The minimum atomic E-state index is -0.282. The summed E-state index contributed by atoms with van der Waals surface area (Å²) in [5.41, 5.74) is 1.54. The number of carbonyl (C=O) groups is 2. The van der Waals surface area contributed by atoms with Crippen LogP contribution in [0.15, 0.2) is 40.9 Å². The first-order valence-electron chi connectivity index (χ1n) is 7.19. The number of hydrogen-bond acceptors (Lipinski definition) is 4. The first-order valence-corrected chi connectivity index (χ1v) is 7.19. The van der Waals surface area contributed by atoms with E-state index >= 15 is 0 Å². The summed E-state index contributed by atoms with van der Waals surface area (Å²) in [6.07, 6.45) is 0. The Bertz CT molecular complexity index is 675. The van der Waals surface area contributed by atoms with Crippen LogP contribution in [0.5, 0.6) is 0 Å². The fraction of sp³-hybridized carbons (Fsp3) is 0.312. The number of nitrogens with zero attached hydrogens (tertiary/aromatic N) is 2. The Labute approximate surface area is 128 Å². The smallest absolute Gasteiger partial charge is 0.289 e. The van der Waals surface area contributed by atoms with Gasteiger partial charge in [0.15, 0.2) is 0 Å². The van der Waals surface area contributed by atoms with Crippen LogP contribution in [0.3, 0.4) is 0 Å². The largest absolute Gasteiger partial charge is 0.350 e. The number of benzene rings is 1. The molecule has 1 N–H and O–H groups in total. The van der Waals surface area contributed by atoms with Gasteiger partial charge in [0.2, 0.25) is 11.7 Å². The van der Waals surface area contributed by atoms with Crippen LogP contribution in [0.1, 0.15) is 17.5 Å². The van der Waals surface area contributed by atoms with E-state index in [-0.39, 0.29) is 17.6 Å². The van der Waals surface area contributed by atoms with Gasteiger partial charge in [0, 0.05) is 44.1 Å². The predicted molar refractivity (Wildman–Crippen MR) is 80.0 cm³/mol. The van der Waals surface area contributed by atoms with E-state index in [4.69, 9.17) is 4.52 Å². The Morgan fingerprint density at radius 2 is 2.05 bits per heavy atom. The first-order chi connectivity index (χ1) is 10.6. The van der Waals surface area contributed by atoms with E-state index in [2.05, 4.69) is 10.5 Å². The number of carbonyl (C=O) groups excluding carboxylic acids is 2. The first kappa shape index (κ1) is 14.3. The summed E-state index contributed by atoms with van der Waals surface area (Å²) in [6, 6.07) is 11.2. The Morgan fingerprint density at radius 3 is 2.73 bits per heavy atom. The molecule has 0 radical (unpaired) electrons. The van der Waals surface area contributed by atoms with Crippen LogP contribution in [0.4, 0.5) is 0 Å². The number of rotatable bonds is 4. The lowest BCUT2D eigenvalue weighted by Crippen LogP contribution is -2.53. The van der Waals surface area contributed by atoms with Crippen molar-refractivity contribution in [3.63, 3.8) is 0 Å². The van der Waals surface area contributed by atoms with Gasteiger partial charge in [0.05, 0.1) is 0 Å². The molecule has 114 valence electrons. The van der Waals surface area contributed by atoms with Crippen molar-refractivity contribution in [2.75, 3.05) is 19.6 Å². The topological polar surface area (TPSA) is 75.4 Å². The summed E-state index contributed by atoms with van der Waals surface area (Å²) < 4.78 is 5.10. The third-order valence-electron chi connectivity index (χ3n) is 3.76. The van der Waals surface area contributed by atoms with Crippen LogP contribution in [-0.2, 0) is 4.79 Å². The maximum absolute atomic E-state index is 12.0. The molecule has 1 aromatic carbocycles. The zero-order valence-electron chi connectivity index (χ0n) is 12.3. The summed E-state index contributed by atoms with van der Waals surface area (Å²) in [7, 11) is 0. The fourth-order valence-electron chi connectivity index (χ4n) is 2.41. The quantitative estimate of drug-likeness (QED) is 0.929. The number of likely N-dealkylation sites (tertiary alicyclic amines) is 1. The van der Waals surface area contributed by atoms with Gasteiger partial charge in [0.1, 0.15) is 5.69 Å². The van der Waals surface area contributed by atoms with E-state index in [0.717, 1.165) is 5.56 Å². The molecule has 6 heteroatoms. The second-order valence-corrected chi connectivity index (χ2v) is 5.44. The van der Waals surface area contributed by atoms with E-state index in [1.165, 1.54) is 0 Å². The van der Waals surface area contributed by atoms with Crippen molar-refractivity contribution in [2.45, 2.75) is 6.92 Å². The van der Waals surface area contributed by atoms with Crippen molar-refractivity contribution in [3.8, 4) is 11.3 Å². The summed E-state index contributed by atoms with van der Waals surface area (Å²) in [4.78, 5) is 24.9. The second-order valence-electron chi connectivity index (χ2n) is 5.44. The maximum atomic E-state index is 12.0. The highest BCUT2D eigenvalue weighted by atomic mass is 16.5. The molecule has 2 heterocycles. The van der Waals surface area contributed by atoms with Gasteiger partial charge < -0.3 is 14.7 Å². The van der Waals surface area contributed by atoms with E-state index in [9.17, 15) is 9.59 Å². The molecule has 3 rings (SSSR count). The minimum absolute atomic E-state index is 0.0744. The van der Waals surface area contributed by atoms with Gasteiger partial charge in [-0.2, -0.15) is 0 Å². The molecule has 0 spiro atoms. The SMILES string of the molecule is CC(=O)N1CC(CNC(=O)c2cc(-c3ccccc3)no2)C1. The lowest BCUT2D eigenvalue weighted by molar-refractivity contribution is -0.134. The molecule has 2 aromatic rings. The van der Waals surface area contributed by atoms with E-state index in [1.807, 2.05) is 30.3 Å². The number of amides is 2. The molecular formula is C16H17N3O3. The molecule has 0 bridgehead atoms. The molecule has 0 atom stereocenters. The molecule has 1 saturated heterocycles. The normalized spacial score (nSPS) is 14.5. The third kappa shape index (κ3) is 3.00. The minimum Gasteiger partial charge on any atom is -0.350 e. The molecule has 1 aliphatic rings. The van der Waals surface area contributed by atoms with E-state index < -0.39 is 0 Å². The van der Waals surface area contributed by atoms with Gasteiger partial charge in [0.25, 0.3) is 5.91 Å². The average molecular weight is 299 g/mol. The van der Waals surface area contributed by atoms with Crippen LogP contribution in [0.2, 0.25) is 0 Å². The zero-order chi connectivity index (χ0) is 15.5. The lowest BCUT2D eigenvalue weighted by atomic mass is 10.0. The van der Waals surface area contributed by atoms with Gasteiger partial charge >= 0.3 is 0 Å². The highest BCUT2D eigenvalue weighted by molar-refractivity contribution is 5.92. The Kier molecular flexibility index (Phi) is 3.91. The third-order valence-corrected chi connectivity index (χ3v) is 3.76. The molecular weight excluding hydrogens is 282 g/mol. The molecule has 0 saturated carbocycles. The van der Waals surface area contributed by atoms with Crippen LogP contribution >= 0.6 is 0 Å². The lowest BCUT2D eigenvalue weighted by Gasteiger charge is -2.38. The Morgan fingerprint density at radius 1 is 1.32 bits per heavy atom. The summed E-state index contributed by atoms with van der Waals surface area (Å²) >= 11 is 0. The summed E-state index contributed by atoms with van der Waals surface area (Å²) in [5.74, 6) is 0.298. The molecule has 0 aliphatic carbocycles. The molecule has 1 fully saturated rings. The number of nitrogens with one attached hydrogen (secondary N) is 1. The monoisotopic (exact) mass is 299 g/mol. The van der Waals surface area contributed by atoms with Crippen molar-refractivity contribution in [3.05, 3.63) is 42.2 Å². The summed E-state index contributed by atoms with van der Waals surface area (Å²) in [6.45, 7) is 3.47. The zero-order valence-corrected chi connectivity index (χ0v) is 12.3. The van der Waals surface area contributed by atoms with Crippen LogP contribution in [-0.4, -0.2) is 41.5 Å². The standard InChI is InChI=1S/C16H17N3O3/c1-11(20)19-9-12(10-19)8-17-16(21)15-7-14(18-22-15)13-5-3-2-4-6-13/h2-7,12H,8-10H2,1H3,(H,17,21).